The number of primary amides is 1. The second-order valence-corrected chi connectivity index (χ2v) is 4.71. The molecule has 2 heterocycles. The van der Waals surface area contributed by atoms with Gasteiger partial charge in [0.25, 0.3) is 5.91 Å². The number of nitrogens with zero attached hydrogens (tertiary/aromatic N) is 2. The first-order valence-electron chi connectivity index (χ1n) is 6.26. The monoisotopic (exact) mass is 262 g/mol. The summed E-state index contributed by atoms with van der Waals surface area (Å²) < 4.78 is 0. The second kappa shape index (κ2) is 5.36. The first-order chi connectivity index (χ1) is 9.00. The van der Waals surface area contributed by atoms with E-state index in [1.54, 1.807) is 19.1 Å². The van der Waals surface area contributed by atoms with Crippen LogP contribution in [0.4, 0.5) is 0 Å². The van der Waals surface area contributed by atoms with Gasteiger partial charge in [0.2, 0.25) is 5.91 Å². The van der Waals surface area contributed by atoms with Crippen LogP contribution in [-0.2, 0) is 4.79 Å². The van der Waals surface area contributed by atoms with Crippen molar-refractivity contribution in [1.29, 1.82) is 0 Å². The Morgan fingerprint density at radius 2 is 2.16 bits per heavy atom. The topological polar surface area (TPSA) is 88.3 Å². The van der Waals surface area contributed by atoms with E-state index in [0.717, 1.165) is 5.69 Å². The van der Waals surface area contributed by atoms with Crippen molar-refractivity contribution in [2.75, 3.05) is 19.6 Å². The van der Waals surface area contributed by atoms with Gasteiger partial charge in [-0.2, -0.15) is 0 Å². The van der Waals surface area contributed by atoms with Crippen molar-refractivity contribution in [2.45, 2.75) is 19.9 Å². The molecule has 0 saturated carbocycles. The van der Waals surface area contributed by atoms with Crippen LogP contribution in [0.1, 0.15) is 21.7 Å². The fourth-order valence-electron chi connectivity index (χ4n) is 2.27. The number of aromatic nitrogens is 1. The third kappa shape index (κ3) is 2.73. The van der Waals surface area contributed by atoms with Crippen LogP contribution in [0.25, 0.3) is 0 Å². The summed E-state index contributed by atoms with van der Waals surface area (Å²) in [5, 5.41) is 3.07. The summed E-state index contributed by atoms with van der Waals surface area (Å²) >= 11 is 0. The van der Waals surface area contributed by atoms with Gasteiger partial charge in [0, 0.05) is 25.3 Å². The number of pyridine rings is 1. The van der Waals surface area contributed by atoms with Crippen molar-refractivity contribution in [3.63, 3.8) is 0 Å². The first-order valence-corrected chi connectivity index (χ1v) is 6.26. The zero-order valence-electron chi connectivity index (χ0n) is 11.1. The minimum absolute atomic E-state index is 0.185. The van der Waals surface area contributed by atoms with Crippen molar-refractivity contribution in [2.24, 2.45) is 5.73 Å². The highest BCUT2D eigenvalue weighted by molar-refractivity contribution is 5.98. The molecule has 0 aliphatic carbocycles. The van der Waals surface area contributed by atoms with Crippen LogP contribution in [-0.4, -0.2) is 47.4 Å². The lowest BCUT2D eigenvalue weighted by Gasteiger charge is -2.34. The number of aryl methyl sites for hydroxylation is 2. The van der Waals surface area contributed by atoms with Gasteiger partial charge in [-0.05, 0) is 26.0 Å². The van der Waals surface area contributed by atoms with Crippen LogP contribution >= 0.6 is 0 Å². The SMILES string of the molecule is Cc1ccc(C(=O)N2CCNCC2C(N)=O)c(C)n1. The molecule has 102 valence electrons. The highest BCUT2D eigenvalue weighted by Gasteiger charge is 2.31. The number of nitrogens with two attached hydrogens (primary N) is 1. The molecule has 6 heteroatoms. The fraction of sp³-hybridized carbons (Fsp3) is 0.462. The maximum Gasteiger partial charge on any atom is 0.256 e. The molecule has 2 rings (SSSR count). The molecule has 1 fully saturated rings. The van der Waals surface area contributed by atoms with Crippen LogP contribution in [0.2, 0.25) is 0 Å². The highest BCUT2D eigenvalue weighted by atomic mass is 16.2. The smallest absolute Gasteiger partial charge is 0.256 e. The van der Waals surface area contributed by atoms with Gasteiger partial charge in [-0.1, -0.05) is 0 Å². The number of piperazine rings is 1. The van der Waals surface area contributed by atoms with E-state index in [1.165, 1.54) is 4.90 Å². The van der Waals surface area contributed by atoms with Gasteiger partial charge < -0.3 is 16.0 Å². The van der Waals surface area contributed by atoms with E-state index in [1.807, 2.05) is 6.92 Å². The Morgan fingerprint density at radius 3 is 2.79 bits per heavy atom. The molecule has 2 amide bonds. The predicted molar refractivity (Wildman–Crippen MR) is 70.6 cm³/mol. The Morgan fingerprint density at radius 1 is 1.42 bits per heavy atom. The third-order valence-corrected chi connectivity index (χ3v) is 3.29. The van der Waals surface area contributed by atoms with Crippen molar-refractivity contribution >= 4 is 11.8 Å². The molecule has 0 bridgehead atoms. The fourth-order valence-corrected chi connectivity index (χ4v) is 2.27. The minimum Gasteiger partial charge on any atom is -0.368 e. The maximum absolute atomic E-state index is 12.5. The van der Waals surface area contributed by atoms with Crippen molar-refractivity contribution in [1.82, 2.24) is 15.2 Å². The molecule has 1 aliphatic rings. The first kappa shape index (κ1) is 13.5. The van der Waals surface area contributed by atoms with Crippen molar-refractivity contribution < 1.29 is 9.59 Å². The van der Waals surface area contributed by atoms with E-state index in [9.17, 15) is 9.59 Å². The number of nitrogens with one attached hydrogen (secondary N) is 1. The highest BCUT2D eigenvalue weighted by Crippen LogP contribution is 2.13. The molecule has 1 atom stereocenters. The summed E-state index contributed by atoms with van der Waals surface area (Å²) in [4.78, 5) is 29.7. The van der Waals surface area contributed by atoms with Crippen LogP contribution < -0.4 is 11.1 Å². The van der Waals surface area contributed by atoms with Crippen molar-refractivity contribution in [3.8, 4) is 0 Å². The Labute approximate surface area is 112 Å². The number of amides is 2. The van der Waals surface area contributed by atoms with Gasteiger partial charge in [-0.25, -0.2) is 0 Å². The van der Waals surface area contributed by atoms with E-state index in [0.29, 0.717) is 30.9 Å². The molecule has 19 heavy (non-hydrogen) atoms. The Hall–Kier alpha value is -1.95. The molecule has 0 aromatic carbocycles. The molecular formula is C13H18N4O2. The molecule has 1 saturated heterocycles. The molecule has 1 unspecified atom stereocenters. The molecule has 0 spiro atoms. The summed E-state index contributed by atoms with van der Waals surface area (Å²) in [5.41, 5.74) is 7.41. The summed E-state index contributed by atoms with van der Waals surface area (Å²) in [6.45, 7) is 5.20. The number of carbonyl (C=O) groups excluding carboxylic acids is 2. The number of hydrogen-bond acceptors (Lipinski definition) is 4. The van der Waals surface area contributed by atoms with Gasteiger partial charge in [0.1, 0.15) is 6.04 Å². The minimum atomic E-state index is -0.595. The van der Waals surface area contributed by atoms with Crippen LogP contribution in [0, 0.1) is 13.8 Å². The molecule has 1 aromatic rings. The molecule has 0 radical (unpaired) electrons. The van der Waals surface area contributed by atoms with Gasteiger partial charge in [0.15, 0.2) is 0 Å². The summed E-state index contributed by atoms with van der Waals surface area (Å²) in [6.07, 6.45) is 0. The quantitative estimate of drug-likeness (QED) is 0.759. The second-order valence-electron chi connectivity index (χ2n) is 4.71. The normalized spacial score (nSPS) is 19.3. The molecule has 6 nitrogen and oxygen atoms in total. The number of rotatable bonds is 2. The van der Waals surface area contributed by atoms with Gasteiger partial charge in [-0.15, -0.1) is 0 Å². The molecule has 1 aromatic heterocycles. The standard InChI is InChI=1S/C13H18N4O2/c1-8-3-4-10(9(2)16-8)13(19)17-6-5-15-7-11(17)12(14)18/h3-4,11,15H,5-7H2,1-2H3,(H2,14,18). The Kier molecular flexibility index (Phi) is 3.80. The summed E-state index contributed by atoms with van der Waals surface area (Å²) in [5.74, 6) is -0.673. The van der Waals surface area contributed by atoms with E-state index in [4.69, 9.17) is 5.73 Å². The third-order valence-electron chi connectivity index (χ3n) is 3.29. The average molecular weight is 262 g/mol. The van der Waals surface area contributed by atoms with E-state index >= 15 is 0 Å². The van der Waals surface area contributed by atoms with Gasteiger partial charge >= 0.3 is 0 Å². The number of hydrogen-bond donors (Lipinski definition) is 2. The molecule has 3 N–H and O–H groups in total. The lowest BCUT2D eigenvalue weighted by Crippen LogP contribution is -2.58. The number of carbonyl (C=O) groups is 2. The lowest BCUT2D eigenvalue weighted by atomic mass is 10.1. The van der Waals surface area contributed by atoms with Crippen LogP contribution in [0.5, 0.6) is 0 Å². The maximum atomic E-state index is 12.5. The lowest BCUT2D eigenvalue weighted by molar-refractivity contribution is -0.122. The van der Waals surface area contributed by atoms with E-state index < -0.39 is 11.9 Å². The zero-order valence-corrected chi connectivity index (χ0v) is 11.1. The van der Waals surface area contributed by atoms with Gasteiger partial charge in [0.05, 0.1) is 11.3 Å². The van der Waals surface area contributed by atoms with E-state index in [2.05, 4.69) is 10.3 Å². The zero-order chi connectivity index (χ0) is 14.0. The molecule has 1 aliphatic heterocycles. The van der Waals surface area contributed by atoms with Crippen LogP contribution in [0.3, 0.4) is 0 Å². The van der Waals surface area contributed by atoms with E-state index in [-0.39, 0.29) is 5.91 Å². The Bertz CT molecular complexity index is 515. The van der Waals surface area contributed by atoms with Crippen LogP contribution in [0.15, 0.2) is 12.1 Å². The largest absolute Gasteiger partial charge is 0.368 e. The average Bonchev–Trinajstić information content (AvgIpc) is 2.38. The summed E-state index contributed by atoms with van der Waals surface area (Å²) in [7, 11) is 0. The molecular weight excluding hydrogens is 244 g/mol. The summed E-state index contributed by atoms with van der Waals surface area (Å²) in [6, 6.07) is 2.95. The van der Waals surface area contributed by atoms with Gasteiger partial charge in [-0.3, -0.25) is 14.6 Å². The van der Waals surface area contributed by atoms with Crippen molar-refractivity contribution in [3.05, 3.63) is 29.1 Å². The predicted octanol–water partition coefficient (Wildman–Crippen LogP) is -0.402. The Balaban J connectivity index is 2.28.